The third-order valence-electron chi connectivity index (χ3n) is 3.00. The molecule has 0 unspecified atom stereocenters. The molecule has 3 rings (SSSR count). The van der Waals surface area contributed by atoms with Gasteiger partial charge in [-0.3, -0.25) is 4.98 Å². The van der Waals surface area contributed by atoms with Crippen LogP contribution in [-0.2, 0) is 6.42 Å². The highest BCUT2D eigenvalue weighted by Gasteiger charge is 2.03. The molecule has 0 aliphatic heterocycles. The Hall–Kier alpha value is -2.13. The molecule has 90 valence electrons. The fourth-order valence-corrected chi connectivity index (χ4v) is 2.09. The molecule has 0 spiro atoms. The van der Waals surface area contributed by atoms with Crippen molar-refractivity contribution in [3.05, 3.63) is 54.6 Å². The molecule has 2 aromatic heterocycles. The van der Waals surface area contributed by atoms with Gasteiger partial charge < -0.3 is 10.2 Å². The lowest BCUT2D eigenvalue weighted by atomic mass is 10.0. The molecule has 3 nitrogen and oxygen atoms in total. The van der Waals surface area contributed by atoms with Crippen LogP contribution in [-0.4, -0.2) is 11.5 Å². The van der Waals surface area contributed by atoms with E-state index in [-0.39, 0.29) is 0 Å². The Morgan fingerprint density at radius 2 is 1.94 bits per heavy atom. The van der Waals surface area contributed by atoms with Crippen LogP contribution in [0.2, 0.25) is 0 Å². The SMILES string of the molecule is NCCc1cc(-c2ccc3occc3c2)ccn1. The smallest absolute Gasteiger partial charge is 0.133 e. The van der Waals surface area contributed by atoms with Crippen LogP contribution in [0.5, 0.6) is 0 Å². The fourth-order valence-electron chi connectivity index (χ4n) is 2.09. The monoisotopic (exact) mass is 238 g/mol. The quantitative estimate of drug-likeness (QED) is 0.763. The van der Waals surface area contributed by atoms with E-state index in [1.54, 1.807) is 6.26 Å². The summed E-state index contributed by atoms with van der Waals surface area (Å²) in [5.41, 5.74) is 9.83. The summed E-state index contributed by atoms with van der Waals surface area (Å²) in [4.78, 5) is 4.31. The number of nitrogens with two attached hydrogens (primary N) is 1. The van der Waals surface area contributed by atoms with Crippen LogP contribution in [0.25, 0.3) is 22.1 Å². The summed E-state index contributed by atoms with van der Waals surface area (Å²) in [6.45, 7) is 0.622. The number of fused-ring (bicyclic) bond motifs is 1. The third kappa shape index (κ3) is 2.00. The van der Waals surface area contributed by atoms with Gasteiger partial charge in [0, 0.05) is 23.7 Å². The molecule has 0 aliphatic carbocycles. The van der Waals surface area contributed by atoms with Crippen molar-refractivity contribution in [3.8, 4) is 11.1 Å². The number of benzene rings is 1. The predicted molar refractivity (Wildman–Crippen MR) is 72.2 cm³/mol. The average Bonchev–Trinajstić information content (AvgIpc) is 2.86. The summed E-state index contributed by atoms with van der Waals surface area (Å²) in [6, 6.07) is 12.3. The van der Waals surface area contributed by atoms with Gasteiger partial charge in [-0.1, -0.05) is 6.07 Å². The van der Waals surface area contributed by atoms with Crippen LogP contribution in [0.15, 0.2) is 53.3 Å². The molecule has 0 fully saturated rings. The Balaban J connectivity index is 2.04. The van der Waals surface area contributed by atoms with Gasteiger partial charge in [-0.05, 0) is 48.0 Å². The lowest BCUT2D eigenvalue weighted by molar-refractivity contribution is 0.616. The molecular formula is C15H14N2O. The first-order valence-electron chi connectivity index (χ1n) is 5.99. The molecule has 0 bridgehead atoms. The molecule has 3 heteroatoms. The molecule has 0 saturated heterocycles. The van der Waals surface area contributed by atoms with Crippen LogP contribution in [0.3, 0.4) is 0 Å². The maximum Gasteiger partial charge on any atom is 0.133 e. The number of hydrogen-bond acceptors (Lipinski definition) is 3. The summed E-state index contributed by atoms with van der Waals surface area (Å²) in [5, 5.41) is 1.12. The summed E-state index contributed by atoms with van der Waals surface area (Å²) in [5.74, 6) is 0. The number of hydrogen-bond donors (Lipinski definition) is 1. The normalized spacial score (nSPS) is 10.9. The molecule has 18 heavy (non-hydrogen) atoms. The van der Waals surface area contributed by atoms with E-state index < -0.39 is 0 Å². The Morgan fingerprint density at radius 1 is 1.06 bits per heavy atom. The Labute approximate surface area is 105 Å². The second kappa shape index (κ2) is 4.63. The Kier molecular flexibility index (Phi) is 2.82. The number of rotatable bonds is 3. The molecule has 2 N–H and O–H groups in total. The maximum atomic E-state index is 5.56. The van der Waals surface area contributed by atoms with E-state index in [1.165, 1.54) is 5.56 Å². The van der Waals surface area contributed by atoms with Crippen molar-refractivity contribution in [1.82, 2.24) is 4.98 Å². The minimum atomic E-state index is 0.622. The Bertz CT molecular complexity index is 673. The molecule has 0 aliphatic rings. The van der Waals surface area contributed by atoms with Crippen LogP contribution in [0.4, 0.5) is 0 Å². The first-order chi connectivity index (χ1) is 8.86. The van der Waals surface area contributed by atoms with Gasteiger partial charge in [-0.15, -0.1) is 0 Å². The van der Waals surface area contributed by atoms with Gasteiger partial charge in [0.05, 0.1) is 6.26 Å². The van der Waals surface area contributed by atoms with Gasteiger partial charge >= 0.3 is 0 Å². The highest BCUT2D eigenvalue weighted by Crippen LogP contribution is 2.25. The zero-order valence-electron chi connectivity index (χ0n) is 9.97. The number of pyridine rings is 1. The summed E-state index contributed by atoms with van der Waals surface area (Å²) in [6.07, 6.45) is 4.35. The van der Waals surface area contributed by atoms with Crippen LogP contribution < -0.4 is 5.73 Å². The Morgan fingerprint density at radius 3 is 2.83 bits per heavy atom. The molecule has 2 heterocycles. The van der Waals surface area contributed by atoms with Crippen molar-refractivity contribution in [2.45, 2.75) is 6.42 Å². The van der Waals surface area contributed by atoms with Crippen molar-refractivity contribution in [3.63, 3.8) is 0 Å². The molecule has 0 amide bonds. The predicted octanol–water partition coefficient (Wildman–Crippen LogP) is 3.00. The van der Waals surface area contributed by atoms with E-state index in [4.69, 9.17) is 10.2 Å². The summed E-state index contributed by atoms with van der Waals surface area (Å²) >= 11 is 0. The summed E-state index contributed by atoms with van der Waals surface area (Å²) < 4.78 is 5.34. The minimum absolute atomic E-state index is 0.622. The number of nitrogens with zero attached hydrogens (tertiary/aromatic N) is 1. The molecule has 3 aromatic rings. The van der Waals surface area contributed by atoms with Crippen LogP contribution >= 0.6 is 0 Å². The lowest BCUT2D eigenvalue weighted by Crippen LogP contribution is -2.04. The molecule has 0 radical (unpaired) electrons. The largest absolute Gasteiger partial charge is 0.464 e. The zero-order valence-corrected chi connectivity index (χ0v) is 9.97. The third-order valence-corrected chi connectivity index (χ3v) is 3.00. The van der Waals surface area contributed by atoms with Gasteiger partial charge in [-0.2, -0.15) is 0 Å². The molecule has 1 aromatic carbocycles. The second-order valence-corrected chi connectivity index (χ2v) is 4.25. The fraction of sp³-hybridized carbons (Fsp3) is 0.133. The van der Waals surface area contributed by atoms with Crippen molar-refractivity contribution in [1.29, 1.82) is 0 Å². The van der Waals surface area contributed by atoms with Gasteiger partial charge in [0.1, 0.15) is 5.58 Å². The molecular weight excluding hydrogens is 224 g/mol. The minimum Gasteiger partial charge on any atom is -0.464 e. The van der Waals surface area contributed by atoms with Gasteiger partial charge in [0.2, 0.25) is 0 Å². The lowest BCUT2D eigenvalue weighted by Gasteiger charge is -2.04. The van der Waals surface area contributed by atoms with E-state index in [1.807, 2.05) is 24.4 Å². The standard InChI is InChI=1S/C15H14N2O/c16-6-3-14-10-12(4-7-17-14)11-1-2-15-13(9-11)5-8-18-15/h1-2,4-5,7-10H,3,6,16H2. The van der Waals surface area contributed by atoms with E-state index in [0.717, 1.165) is 28.6 Å². The summed E-state index contributed by atoms with van der Waals surface area (Å²) in [7, 11) is 0. The second-order valence-electron chi connectivity index (χ2n) is 4.25. The van der Waals surface area contributed by atoms with Crippen molar-refractivity contribution < 1.29 is 4.42 Å². The van der Waals surface area contributed by atoms with Gasteiger partial charge in [0.15, 0.2) is 0 Å². The topological polar surface area (TPSA) is 52.0 Å². The number of furan rings is 1. The van der Waals surface area contributed by atoms with E-state index in [9.17, 15) is 0 Å². The van der Waals surface area contributed by atoms with E-state index in [0.29, 0.717) is 6.54 Å². The number of aromatic nitrogens is 1. The van der Waals surface area contributed by atoms with Gasteiger partial charge in [-0.25, -0.2) is 0 Å². The first-order valence-corrected chi connectivity index (χ1v) is 5.99. The maximum absolute atomic E-state index is 5.56. The van der Waals surface area contributed by atoms with Crippen LogP contribution in [0.1, 0.15) is 5.69 Å². The van der Waals surface area contributed by atoms with E-state index >= 15 is 0 Å². The van der Waals surface area contributed by atoms with E-state index in [2.05, 4.69) is 23.2 Å². The first kappa shape index (κ1) is 11.0. The zero-order chi connectivity index (χ0) is 12.4. The molecule has 0 atom stereocenters. The van der Waals surface area contributed by atoms with Crippen molar-refractivity contribution >= 4 is 11.0 Å². The average molecular weight is 238 g/mol. The van der Waals surface area contributed by atoms with Crippen molar-refractivity contribution in [2.24, 2.45) is 5.73 Å². The highest BCUT2D eigenvalue weighted by molar-refractivity contribution is 5.83. The molecule has 0 saturated carbocycles. The van der Waals surface area contributed by atoms with Gasteiger partial charge in [0.25, 0.3) is 0 Å². The van der Waals surface area contributed by atoms with Crippen LogP contribution in [0, 0.1) is 0 Å². The highest BCUT2D eigenvalue weighted by atomic mass is 16.3. The van der Waals surface area contributed by atoms with Crippen molar-refractivity contribution in [2.75, 3.05) is 6.54 Å².